The van der Waals surface area contributed by atoms with Gasteiger partial charge in [-0.05, 0) is 24.6 Å². The molecular weight excluding hydrogens is 330 g/mol. The number of aryl methyl sites for hydroxylation is 2. The zero-order valence-electron chi connectivity index (χ0n) is 12.7. The molecule has 0 saturated heterocycles. The standard InChI is InChI=1S/C15H15N5OS2/c1-10-17-13(8-22-10)14(21)18-12-5-3-4-11(6-12)7-23-15-19-16-9-20(15)2/h3-6,8-9H,7H2,1-2H3,(H,18,21). The van der Waals surface area contributed by atoms with Gasteiger partial charge in [-0.15, -0.1) is 21.5 Å². The van der Waals surface area contributed by atoms with Crippen LogP contribution in [0, 0.1) is 6.92 Å². The molecule has 0 aliphatic heterocycles. The molecule has 1 amide bonds. The van der Waals surface area contributed by atoms with E-state index in [2.05, 4.69) is 20.5 Å². The second kappa shape index (κ2) is 6.93. The Morgan fingerprint density at radius 1 is 1.43 bits per heavy atom. The minimum atomic E-state index is -0.188. The molecule has 3 rings (SSSR count). The molecule has 3 aromatic rings. The molecule has 0 unspecified atom stereocenters. The number of carbonyl (C=O) groups is 1. The van der Waals surface area contributed by atoms with Crippen LogP contribution in [0.2, 0.25) is 0 Å². The van der Waals surface area contributed by atoms with Crippen LogP contribution >= 0.6 is 23.1 Å². The fraction of sp³-hybridized carbons (Fsp3) is 0.200. The average Bonchev–Trinajstić information content (AvgIpc) is 3.14. The minimum absolute atomic E-state index is 0.188. The number of anilines is 1. The van der Waals surface area contributed by atoms with Crippen LogP contribution in [0.4, 0.5) is 5.69 Å². The van der Waals surface area contributed by atoms with Gasteiger partial charge in [0.2, 0.25) is 0 Å². The van der Waals surface area contributed by atoms with Crippen LogP contribution < -0.4 is 5.32 Å². The normalized spacial score (nSPS) is 10.7. The molecule has 0 saturated carbocycles. The maximum atomic E-state index is 12.1. The molecule has 6 nitrogen and oxygen atoms in total. The first-order valence-corrected chi connectivity index (χ1v) is 8.77. The quantitative estimate of drug-likeness (QED) is 0.719. The predicted molar refractivity (Wildman–Crippen MR) is 91.8 cm³/mol. The van der Waals surface area contributed by atoms with Gasteiger partial charge in [0.1, 0.15) is 12.0 Å². The van der Waals surface area contributed by atoms with Gasteiger partial charge >= 0.3 is 0 Å². The lowest BCUT2D eigenvalue weighted by Gasteiger charge is -2.06. The molecule has 0 bridgehead atoms. The fourth-order valence-corrected chi connectivity index (χ4v) is 3.38. The largest absolute Gasteiger partial charge is 0.321 e. The summed E-state index contributed by atoms with van der Waals surface area (Å²) in [5, 5.41) is 14.3. The molecule has 118 valence electrons. The van der Waals surface area contributed by atoms with Gasteiger partial charge in [0.25, 0.3) is 5.91 Å². The summed E-state index contributed by atoms with van der Waals surface area (Å²) in [5.74, 6) is 0.568. The van der Waals surface area contributed by atoms with Crippen molar-refractivity contribution in [1.29, 1.82) is 0 Å². The van der Waals surface area contributed by atoms with Gasteiger partial charge < -0.3 is 9.88 Å². The van der Waals surface area contributed by atoms with E-state index < -0.39 is 0 Å². The fourth-order valence-electron chi connectivity index (χ4n) is 1.95. The van der Waals surface area contributed by atoms with Crippen LogP contribution in [0.15, 0.2) is 41.1 Å². The predicted octanol–water partition coefficient (Wildman–Crippen LogP) is 3.12. The molecule has 0 fully saturated rings. The number of amides is 1. The minimum Gasteiger partial charge on any atom is -0.321 e. The van der Waals surface area contributed by atoms with Crippen molar-refractivity contribution < 1.29 is 4.79 Å². The molecule has 8 heteroatoms. The highest BCUT2D eigenvalue weighted by atomic mass is 32.2. The molecule has 2 aromatic heterocycles. The lowest BCUT2D eigenvalue weighted by molar-refractivity contribution is 0.102. The SMILES string of the molecule is Cc1nc(C(=O)Nc2cccc(CSc3nncn3C)c2)cs1. The number of hydrogen-bond donors (Lipinski definition) is 1. The van der Waals surface area contributed by atoms with E-state index in [1.165, 1.54) is 11.3 Å². The van der Waals surface area contributed by atoms with Gasteiger partial charge in [-0.2, -0.15) is 0 Å². The third-order valence-electron chi connectivity index (χ3n) is 3.07. The third-order valence-corrected chi connectivity index (χ3v) is 4.95. The van der Waals surface area contributed by atoms with E-state index in [-0.39, 0.29) is 5.91 Å². The number of nitrogens with zero attached hydrogens (tertiary/aromatic N) is 4. The molecule has 0 radical (unpaired) electrons. The maximum Gasteiger partial charge on any atom is 0.275 e. The molecule has 0 atom stereocenters. The number of aromatic nitrogens is 4. The van der Waals surface area contributed by atoms with E-state index in [4.69, 9.17) is 0 Å². The first-order chi connectivity index (χ1) is 11.1. The van der Waals surface area contributed by atoms with Crippen LogP contribution in [0.1, 0.15) is 21.1 Å². The number of benzene rings is 1. The van der Waals surface area contributed by atoms with E-state index in [9.17, 15) is 4.79 Å². The van der Waals surface area contributed by atoms with Crippen LogP contribution in [-0.2, 0) is 12.8 Å². The van der Waals surface area contributed by atoms with E-state index in [0.29, 0.717) is 5.69 Å². The summed E-state index contributed by atoms with van der Waals surface area (Å²) in [6, 6.07) is 7.77. The molecule has 0 aliphatic rings. The number of nitrogens with one attached hydrogen (secondary N) is 1. The summed E-state index contributed by atoms with van der Waals surface area (Å²) < 4.78 is 1.88. The van der Waals surface area contributed by atoms with Crippen LogP contribution in [0.5, 0.6) is 0 Å². The van der Waals surface area contributed by atoms with Crippen molar-refractivity contribution in [3.63, 3.8) is 0 Å². The van der Waals surface area contributed by atoms with Gasteiger partial charge in [-0.1, -0.05) is 23.9 Å². The second-order valence-corrected chi connectivity index (χ2v) is 6.92. The van der Waals surface area contributed by atoms with Crippen LogP contribution in [0.3, 0.4) is 0 Å². The number of thioether (sulfide) groups is 1. The Hall–Kier alpha value is -2.19. The van der Waals surface area contributed by atoms with Crippen molar-refractivity contribution >= 4 is 34.7 Å². The molecule has 0 spiro atoms. The van der Waals surface area contributed by atoms with Gasteiger partial charge in [-0.3, -0.25) is 4.79 Å². The van der Waals surface area contributed by atoms with Crippen molar-refractivity contribution in [3.8, 4) is 0 Å². The number of rotatable bonds is 5. The summed E-state index contributed by atoms with van der Waals surface area (Å²) in [6.45, 7) is 1.88. The van der Waals surface area contributed by atoms with Crippen molar-refractivity contribution in [3.05, 3.63) is 52.2 Å². The Bertz CT molecular complexity index is 827. The van der Waals surface area contributed by atoms with Crippen molar-refractivity contribution in [2.75, 3.05) is 5.32 Å². The van der Waals surface area contributed by atoms with Gasteiger partial charge in [-0.25, -0.2) is 4.98 Å². The molecule has 0 aliphatic carbocycles. The van der Waals surface area contributed by atoms with Gasteiger partial charge in [0.15, 0.2) is 5.16 Å². The van der Waals surface area contributed by atoms with Crippen molar-refractivity contribution in [1.82, 2.24) is 19.7 Å². The summed E-state index contributed by atoms with van der Waals surface area (Å²) in [5.41, 5.74) is 2.31. The highest BCUT2D eigenvalue weighted by molar-refractivity contribution is 7.98. The lowest BCUT2D eigenvalue weighted by Crippen LogP contribution is -2.12. The van der Waals surface area contributed by atoms with E-state index in [1.807, 2.05) is 42.8 Å². The van der Waals surface area contributed by atoms with Crippen molar-refractivity contribution in [2.45, 2.75) is 17.8 Å². The highest BCUT2D eigenvalue weighted by Crippen LogP contribution is 2.22. The Balaban J connectivity index is 1.65. The molecule has 1 N–H and O–H groups in total. The smallest absolute Gasteiger partial charge is 0.275 e. The average molecular weight is 345 g/mol. The Labute approximate surface area is 142 Å². The Morgan fingerprint density at radius 2 is 2.30 bits per heavy atom. The number of hydrogen-bond acceptors (Lipinski definition) is 6. The zero-order chi connectivity index (χ0) is 16.2. The van der Waals surface area contributed by atoms with Crippen molar-refractivity contribution in [2.24, 2.45) is 7.05 Å². The van der Waals surface area contributed by atoms with E-state index in [0.717, 1.165) is 27.2 Å². The molecule has 1 aromatic carbocycles. The van der Waals surface area contributed by atoms with Crippen LogP contribution in [-0.4, -0.2) is 25.7 Å². The topological polar surface area (TPSA) is 72.7 Å². The highest BCUT2D eigenvalue weighted by Gasteiger charge is 2.10. The van der Waals surface area contributed by atoms with E-state index >= 15 is 0 Å². The summed E-state index contributed by atoms with van der Waals surface area (Å²) >= 11 is 3.06. The first kappa shape index (κ1) is 15.7. The zero-order valence-corrected chi connectivity index (χ0v) is 14.3. The number of carbonyl (C=O) groups excluding carboxylic acids is 1. The summed E-state index contributed by atoms with van der Waals surface area (Å²) in [4.78, 5) is 16.3. The second-order valence-electron chi connectivity index (χ2n) is 4.92. The lowest BCUT2D eigenvalue weighted by atomic mass is 10.2. The molecular formula is C15H15N5OS2. The molecule has 23 heavy (non-hydrogen) atoms. The summed E-state index contributed by atoms with van der Waals surface area (Å²) in [7, 11) is 1.91. The first-order valence-electron chi connectivity index (χ1n) is 6.91. The van der Waals surface area contributed by atoms with Gasteiger partial charge in [0.05, 0.1) is 5.01 Å². The van der Waals surface area contributed by atoms with Gasteiger partial charge in [0, 0.05) is 23.9 Å². The Kier molecular flexibility index (Phi) is 4.73. The van der Waals surface area contributed by atoms with Crippen LogP contribution in [0.25, 0.3) is 0 Å². The maximum absolute atomic E-state index is 12.1. The monoisotopic (exact) mass is 345 g/mol. The van der Waals surface area contributed by atoms with E-state index in [1.54, 1.807) is 23.5 Å². The molecule has 2 heterocycles. The Morgan fingerprint density at radius 3 is 3.00 bits per heavy atom. The third kappa shape index (κ3) is 3.96. The summed E-state index contributed by atoms with van der Waals surface area (Å²) in [6.07, 6.45) is 1.68. The number of thiazole rings is 1.